The summed E-state index contributed by atoms with van der Waals surface area (Å²) in [5.41, 5.74) is 18.8. The molecule has 2 bridgehead atoms. The van der Waals surface area contributed by atoms with Crippen molar-refractivity contribution in [2.75, 3.05) is 89.0 Å². The van der Waals surface area contributed by atoms with Crippen molar-refractivity contribution in [1.82, 2.24) is 35.2 Å². The number of hydrogen-bond donors (Lipinski definition) is 3. The van der Waals surface area contributed by atoms with Crippen LogP contribution in [0.3, 0.4) is 0 Å². The third kappa shape index (κ3) is 15.7. The Morgan fingerprint density at radius 2 is 1.47 bits per heavy atom. The first kappa shape index (κ1) is 76.3. The molecule has 0 radical (unpaired) electrons. The van der Waals surface area contributed by atoms with Gasteiger partial charge in [-0.15, -0.1) is 5.10 Å². The number of unbranched alkanes of at least 4 members (excludes halogenated alkanes) is 6. The van der Waals surface area contributed by atoms with Gasteiger partial charge in [-0.1, -0.05) is 113 Å². The average molecular weight is 1480 g/mol. The molecule has 1 spiro atoms. The number of rotatable bonds is 35. The number of nitrogens with one attached hydrogen (secondary N) is 3. The van der Waals surface area contributed by atoms with Crippen LogP contribution >= 0.6 is 0 Å². The number of carbonyl (C=O) groups is 5. The summed E-state index contributed by atoms with van der Waals surface area (Å²) in [7, 11) is -5.06. The molecule has 2 saturated heterocycles. The van der Waals surface area contributed by atoms with E-state index in [1.165, 1.54) is 73.0 Å². The number of nitrogens with zero attached hydrogens (tertiary/aromatic N) is 10. The van der Waals surface area contributed by atoms with Crippen LogP contribution in [-0.2, 0) is 53.1 Å². The maximum Gasteiger partial charge on any atom is 0.340 e. The van der Waals surface area contributed by atoms with Gasteiger partial charge in [0.1, 0.15) is 20.4 Å². The molecule has 106 heavy (non-hydrogen) atoms. The van der Waals surface area contributed by atoms with Gasteiger partial charge in [0, 0.05) is 133 Å². The van der Waals surface area contributed by atoms with Crippen molar-refractivity contribution < 1.29 is 46.6 Å². The first-order valence-electron chi connectivity index (χ1n) is 37.8. The Morgan fingerprint density at radius 3 is 2.13 bits per heavy atom. The van der Waals surface area contributed by atoms with Crippen molar-refractivity contribution in [3.8, 4) is 11.8 Å². The Hall–Kier alpha value is -9.34. The predicted molar refractivity (Wildman–Crippen MR) is 410 cm³/mol. The molecule has 3 fully saturated rings. The molecule has 6 aromatic rings. The zero-order chi connectivity index (χ0) is 75.1. The highest BCUT2D eigenvalue weighted by atomic mass is 32.2. The smallest absolute Gasteiger partial charge is 0.340 e. The fourth-order valence-electron chi connectivity index (χ4n) is 16.7. The second kappa shape index (κ2) is 32.4. The molecular formula is C81H101N13O10SSi. The summed E-state index contributed by atoms with van der Waals surface area (Å²) >= 11 is 0. The van der Waals surface area contributed by atoms with E-state index in [2.05, 4.69) is 148 Å². The van der Waals surface area contributed by atoms with Gasteiger partial charge in [-0.3, -0.25) is 19.2 Å². The summed E-state index contributed by atoms with van der Waals surface area (Å²) in [4.78, 5) is 75.2. The van der Waals surface area contributed by atoms with Crippen LogP contribution in [0.5, 0.6) is 5.75 Å². The number of esters is 1. The lowest BCUT2D eigenvalue weighted by molar-refractivity contribution is -0.126. The number of benzene rings is 5. The van der Waals surface area contributed by atoms with E-state index in [4.69, 9.17) is 19.7 Å². The quantitative estimate of drug-likeness (QED) is 0.00487. The van der Waals surface area contributed by atoms with Gasteiger partial charge in [-0.2, -0.15) is 5.26 Å². The molecule has 560 valence electrons. The largest absolute Gasteiger partial charge is 0.496 e. The number of ether oxygens (including phenoxy) is 3. The van der Waals surface area contributed by atoms with E-state index in [1.54, 1.807) is 31.5 Å². The second-order valence-corrected chi connectivity index (χ2v) is 37.3. The molecule has 23 nitrogen and oxygen atoms in total. The number of allylic oxidation sites excluding steroid dienone is 1. The minimum atomic E-state index is -4.48. The number of methoxy groups -OCH3 is 1. The van der Waals surface area contributed by atoms with Crippen molar-refractivity contribution in [3.63, 3.8) is 0 Å². The van der Waals surface area contributed by atoms with Crippen molar-refractivity contribution in [2.24, 2.45) is 22.4 Å². The third-order valence-corrected chi connectivity index (χ3v) is 28.6. The number of azide groups is 1. The minimum Gasteiger partial charge on any atom is -0.496 e. The Bertz CT molecular complexity index is 4480. The van der Waals surface area contributed by atoms with Crippen LogP contribution in [0, 0.1) is 35.5 Å². The zero-order valence-electron chi connectivity index (χ0n) is 62.6. The topological polar surface area (TPSA) is 296 Å². The van der Waals surface area contributed by atoms with E-state index in [9.17, 15) is 37.7 Å². The van der Waals surface area contributed by atoms with Crippen molar-refractivity contribution >= 4 is 69.4 Å². The van der Waals surface area contributed by atoms with Gasteiger partial charge in [-0.05, 0) is 174 Å². The van der Waals surface area contributed by atoms with Crippen LogP contribution in [-0.4, -0.2) is 145 Å². The molecule has 5 aromatic carbocycles. The number of carbonyl (C=O) groups excluding carboxylic acids is 5. The van der Waals surface area contributed by atoms with Gasteiger partial charge in [0.2, 0.25) is 11.8 Å². The van der Waals surface area contributed by atoms with E-state index in [-0.39, 0.29) is 71.6 Å². The Morgan fingerprint density at radius 1 is 0.811 bits per heavy atom. The molecule has 5 heterocycles. The highest BCUT2D eigenvalue weighted by molar-refractivity contribution is 7.89. The lowest BCUT2D eigenvalue weighted by Gasteiger charge is -2.60. The molecule has 3 N–H and O–H groups in total. The normalized spacial score (nSPS) is 18.2. The van der Waals surface area contributed by atoms with E-state index in [0.29, 0.717) is 84.0 Å². The van der Waals surface area contributed by atoms with Crippen LogP contribution in [0.1, 0.15) is 194 Å². The Labute approximate surface area is 623 Å². The van der Waals surface area contributed by atoms with E-state index < -0.39 is 48.0 Å². The summed E-state index contributed by atoms with van der Waals surface area (Å²) < 4.78 is 48.4. The molecule has 0 unspecified atom stereocenters. The molecule has 25 heteroatoms. The van der Waals surface area contributed by atoms with Gasteiger partial charge in [0.25, 0.3) is 21.8 Å². The van der Waals surface area contributed by atoms with Crippen LogP contribution in [0.15, 0.2) is 119 Å². The first-order chi connectivity index (χ1) is 50.9. The highest BCUT2D eigenvalue weighted by Gasteiger charge is 2.58. The van der Waals surface area contributed by atoms with E-state index in [1.807, 2.05) is 6.07 Å². The van der Waals surface area contributed by atoms with Gasteiger partial charge in [0.05, 0.1) is 49.1 Å². The summed E-state index contributed by atoms with van der Waals surface area (Å²) in [6.45, 7) is 21.9. The number of aryl methyl sites for hydroxylation is 2. The minimum absolute atomic E-state index is 0.0142. The number of sulfonamides is 1. The lowest BCUT2D eigenvalue weighted by atomic mass is 9.45. The van der Waals surface area contributed by atoms with Crippen LogP contribution in [0.25, 0.3) is 10.4 Å². The maximum atomic E-state index is 14.0. The van der Waals surface area contributed by atoms with Crippen LogP contribution in [0.4, 0.5) is 11.4 Å². The molecule has 7 aliphatic rings. The van der Waals surface area contributed by atoms with E-state index in [0.717, 1.165) is 107 Å². The maximum absolute atomic E-state index is 14.0. The molecule has 3 atom stereocenters. The molecule has 1 aromatic heterocycles. The van der Waals surface area contributed by atoms with Gasteiger partial charge in [-0.25, -0.2) is 22.2 Å². The van der Waals surface area contributed by atoms with Gasteiger partial charge in [0.15, 0.2) is 5.60 Å². The first-order valence-corrected chi connectivity index (χ1v) is 42.3. The summed E-state index contributed by atoms with van der Waals surface area (Å²) in [6.07, 6.45) is 15.8. The molecule has 3 aliphatic carbocycles. The predicted octanol–water partition coefficient (Wildman–Crippen LogP) is 11.5. The van der Waals surface area contributed by atoms with Crippen molar-refractivity contribution in [1.29, 1.82) is 5.26 Å². The van der Waals surface area contributed by atoms with Gasteiger partial charge < -0.3 is 40.0 Å². The Kier molecular flexibility index (Phi) is 23.3. The molecule has 1 saturated carbocycles. The summed E-state index contributed by atoms with van der Waals surface area (Å²) in [5, 5.41) is 33.1. The molecule has 13 rings (SSSR count). The number of aromatic nitrogens is 3. The molecular weight excluding hydrogens is 1380 g/mol. The number of nitriles is 1. The zero-order valence-corrected chi connectivity index (χ0v) is 64.4. The van der Waals surface area contributed by atoms with Gasteiger partial charge >= 0.3 is 5.97 Å². The number of amides is 4. The standard InChI is InChI=1S/C81H101N13O10SSi/c1-54-45-58(79(2,3)32-14-10-12-16-35-87-89-83)48-70(102-6)75(54)64-46-57(67-51-68(64)80(67,4)5)52-86-73(95)19-13-9-11-15-34-84-76(97)55-20-26-62(27-21-55)105(100,101)94(41-33-82)74(96)31-23-59-53-93(90-88-59)42-44-103-43-36-85-77(98)56-22-28-63-69(47-56)81(104-78(63)99)65-29-24-60(91-37-17-38-91)49-71(65)106(7,8)72-50-61(25-30-66(72)81)92-39-18-40-92/h20-22,24-30,45-50,53,64,67-68H,9-19,23,31-32,34-44,51-52H2,1-8H3,(H,84,97)(H,85,98)(H,86,95)/t64-,67+,68-/m0/s1. The highest BCUT2D eigenvalue weighted by Crippen LogP contribution is 2.64. The second-order valence-electron chi connectivity index (χ2n) is 31.1. The molecule has 4 aliphatic heterocycles. The van der Waals surface area contributed by atoms with Crippen molar-refractivity contribution in [3.05, 3.63) is 175 Å². The third-order valence-electron chi connectivity index (χ3n) is 23.3. The van der Waals surface area contributed by atoms with Crippen LogP contribution < -0.4 is 40.9 Å². The molecule has 4 amide bonds. The SMILES string of the molecule is COc1cc(C(C)(C)CCCCCCN=[N+]=[N-])cc(C)c1[C@H]1C=C(CNC(=O)CCCCCCNC(=O)c2ccc(S(=O)(=O)N(CC#N)C(=O)CCc3cn(CCOCCNC(=O)c4ccc5c(c4)C4(OC5=O)c5ccc(N6CCC6)cc5[Si](C)(C)c5cc(N6CCC6)ccc54)nn3)cc2)[C@H]2C[C@@H]1C2(C)C. The number of fused-ring (bicyclic) bond motifs is 7. The average Bonchev–Trinajstić information content (AvgIpc) is 1.42. The summed E-state index contributed by atoms with van der Waals surface area (Å²) in [5.74, 6) is 0.0358. The summed E-state index contributed by atoms with van der Waals surface area (Å²) in [6, 6.07) is 30.0. The monoisotopic (exact) mass is 1480 g/mol. The van der Waals surface area contributed by atoms with Crippen molar-refractivity contribution in [2.45, 2.75) is 172 Å². The number of hydrogen-bond acceptors (Lipinski definition) is 16. The fourth-order valence-corrected chi connectivity index (χ4v) is 21.2. The number of anilines is 2. The lowest BCUT2D eigenvalue weighted by Crippen LogP contribution is -2.63. The Balaban J connectivity index is 0.552. The fraction of sp³-hybridized carbons (Fsp3) is 0.506. The van der Waals surface area contributed by atoms with E-state index >= 15 is 0 Å². The van der Waals surface area contributed by atoms with Crippen LogP contribution in [0.2, 0.25) is 13.1 Å².